The van der Waals surface area contributed by atoms with E-state index in [1.54, 1.807) is 4.90 Å². The molecule has 0 aliphatic carbocycles. The Hall–Kier alpha value is -1.56. The fourth-order valence-electron chi connectivity index (χ4n) is 4.28. The Morgan fingerprint density at radius 3 is 2.05 bits per heavy atom. The van der Waals surface area contributed by atoms with Gasteiger partial charge < -0.3 is 24.6 Å². The van der Waals surface area contributed by atoms with Crippen LogP contribution in [0.25, 0.3) is 0 Å². The molecule has 4 atom stereocenters. The van der Waals surface area contributed by atoms with E-state index in [1.807, 2.05) is 57.2 Å². The summed E-state index contributed by atoms with van der Waals surface area (Å²) in [7, 11) is 0. The summed E-state index contributed by atoms with van der Waals surface area (Å²) < 4.78 is 30.9. The number of rotatable bonds is 6. The highest BCUT2D eigenvalue weighted by atomic mass is 79.9. The van der Waals surface area contributed by atoms with Crippen molar-refractivity contribution in [3.8, 4) is 0 Å². The van der Waals surface area contributed by atoms with E-state index in [1.165, 1.54) is 5.56 Å². The summed E-state index contributed by atoms with van der Waals surface area (Å²) in [6.45, 7) is 6.95. The molecule has 0 unspecified atom stereocenters. The number of nitrogens with zero attached hydrogens (tertiary/aromatic N) is 1. The van der Waals surface area contributed by atoms with E-state index in [0.717, 1.165) is 20.9 Å². The zero-order valence-electron chi connectivity index (χ0n) is 22.7. The van der Waals surface area contributed by atoms with Crippen LogP contribution in [0.1, 0.15) is 31.9 Å². The van der Waals surface area contributed by atoms with E-state index in [4.69, 9.17) is 14.2 Å². The molecule has 2 aliphatic rings. The van der Waals surface area contributed by atoms with Crippen molar-refractivity contribution >= 4 is 38.0 Å². The summed E-state index contributed by atoms with van der Waals surface area (Å²) in [5.74, 6) is 0. The molecule has 2 N–H and O–H groups in total. The standard InChI is InChI=1S/C17H24BrNO4.C12H15BrFNO/c1-17(2,3)23-16(21)19-9-15(10-20)22-11-14(19)8-12-4-6-13(18)7-5-12;13-10-3-1-9(2-4-10)5-11-8-16-12(6-14)7-15-11/h4-7,14-15,20H,8-11H2,1-3H3;1-4,11-12,15H,5-8H2/t14-,15+;11-,12-/m00/s1. The van der Waals surface area contributed by atoms with Gasteiger partial charge in [-0.15, -0.1) is 0 Å². The monoisotopic (exact) mass is 672 g/mol. The van der Waals surface area contributed by atoms with Crippen LogP contribution in [-0.2, 0) is 27.1 Å². The molecular weight excluding hydrogens is 635 g/mol. The number of carbonyl (C=O) groups excluding carboxylic acids is 1. The van der Waals surface area contributed by atoms with Gasteiger partial charge in [-0.3, -0.25) is 4.90 Å². The molecule has 2 aromatic rings. The number of nitrogens with one attached hydrogen (secondary N) is 1. The van der Waals surface area contributed by atoms with Crippen LogP contribution in [0.4, 0.5) is 9.18 Å². The minimum absolute atomic E-state index is 0.103. The first-order valence-electron chi connectivity index (χ1n) is 13.2. The van der Waals surface area contributed by atoms with Crippen LogP contribution in [0.15, 0.2) is 57.5 Å². The van der Waals surface area contributed by atoms with Gasteiger partial charge in [0.15, 0.2) is 0 Å². The summed E-state index contributed by atoms with van der Waals surface area (Å²) in [4.78, 5) is 14.2. The van der Waals surface area contributed by atoms with Gasteiger partial charge in [0.1, 0.15) is 12.3 Å². The molecule has 2 heterocycles. The number of alkyl halides is 1. The third-order valence-electron chi connectivity index (χ3n) is 6.32. The van der Waals surface area contributed by atoms with Crippen LogP contribution in [0.2, 0.25) is 0 Å². The molecule has 216 valence electrons. The third-order valence-corrected chi connectivity index (χ3v) is 7.37. The van der Waals surface area contributed by atoms with Crippen LogP contribution < -0.4 is 5.32 Å². The number of benzene rings is 2. The summed E-state index contributed by atoms with van der Waals surface area (Å²) in [6, 6.07) is 16.4. The Morgan fingerprint density at radius 2 is 1.56 bits per heavy atom. The molecule has 0 saturated carbocycles. The normalized spacial score (nSPS) is 23.5. The Balaban J connectivity index is 0.000000230. The quantitative estimate of drug-likeness (QED) is 0.433. The topological polar surface area (TPSA) is 80.3 Å². The SMILES string of the molecule is CC(C)(C)OC(=O)N1C[C@H](CO)OC[C@@H]1Cc1ccc(Br)cc1.FC[C@H]1CN[C@@H](Cc2ccc(Br)cc2)CO1. The average molecular weight is 674 g/mol. The van der Waals surface area contributed by atoms with Crippen molar-refractivity contribution in [1.29, 1.82) is 0 Å². The van der Waals surface area contributed by atoms with Crippen LogP contribution in [-0.4, -0.2) is 85.6 Å². The lowest BCUT2D eigenvalue weighted by atomic mass is 10.0. The predicted octanol–water partition coefficient (Wildman–Crippen LogP) is 5.31. The molecule has 0 aromatic heterocycles. The van der Waals surface area contributed by atoms with Crippen LogP contribution in [0, 0.1) is 0 Å². The summed E-state index contributed by atoms with van der Waals surface area (Å²) in [6.07, 6.45) is 0.628. The molecule has 39 heavy (non-hydrogen) atoms. The van der Waals surface area contributed by atoms with Crippen molar-refractivity contribution in [2.45, 2.75) is 63.5 Å². The fourth-order valence-corrected chi connectivity index (χ4v) is 4.81. The molecule has 0 bridgehead atoms. The van der Waals surface area contributed by atoms with Crippen molar-refractivity contribution in [2.75, 3.05) is 39.6 Å². The Kier molecular flexibility index (Phi) is 12.7. The largest absolute Gasteiger partial charge is 0.444 e. The minimum atomic E-state index is -0.549. The first-order valence-corrected chi connectivity index (χ1v) is 14.8. The maximum absolute atomic E-state index is 12.5. The molecule has 4 rings (SSSR count). The highest BCUT2D eigenvalue weighted by Gasteiger charge is 2.34. The maximum atomic E-state index is 12.5. The lowest BCUT2D eigenvalue weighted by Crippen LogP contribution is -2.55. The van der Waals surface area contributed by atoms with E-state index < -0.39 is 12.3 Å². The lowest BCUT2D eigenvalue weighted by molar-refractivity contribution is -0.0843. The molecule has 1 amide bonds. The van der Waals surface area contributed by atoms with Gasteiger partial charge in [-0.25, -0.2) is 9.18 Å². The molecule has 10 heteroatoms. The molecule has 2 saturated heterocycles. The van der Waals surface area contributed by atoms with Gasteiger partial charge in [-0.1, -0.05) is 56.1 Å². The molecule has 2 aliphatic heterocycles. The van der Waals surface area contributed by atoms with Crippen molar-refractivity contribution in [3.05, 3.63) is 68.6 Å². The third kappa shape index (κ3) is 11.1. The summed E-state index contributed by atoms with van der Waals surface area (Å²) >= 11 is 6.82. The number of aliphatic hydroxyl groups excluding tert-OH is 1. The summed E-state index contributed by atoms with van der Waals surface area (Å²) in [5, 5.41) is 12.6. The second-order valence-corrected chi connectivity index (χ2v) is 12.6. The van der Waals surface area contributed by atoms with Crippen molar-refractivity contribution in [2.24, 2.45) is 0 Å². The number of hydrogen-bond acceptors (Lipinski definition) is 6. The number of hydrogen-bond donors (Lipinski definition) is 2. The van der Waals surface area contributed by atoms with Crippen LogP contribution in [0.3, 0.4) is 0 Å². The van der Waals surface area contributed by atoms with E-state index in [0.29, 0.717) is 38.8 Å². The van der Waals surface area contributed by atoms with Gasteiger partial charge in [0.25, 0.3) is 0 Å². The van der Waals surface area contributed by atoms with Gasteiger partial charge in [0.05, 0.1) is 44.6 Å². The smallest absolute Gasteiger partial charge is 0.410 e. The first-order chi connectivity index (χ1) is 18.6. The Labute approximate surface area is 247 Å². The number of halogens is 3. The molecule has 2 aromatic carbocycles. The van der Waals surface area contributed by atoms with Crippen molar-refractivity contribution in [3.63, 3.8) is 0 Å². The summed E-state index contributed by atoms with van der Waals surface area (Å²) in [5.41, 5.74) is 1.84. The van der Waals surface area contributed by atoms with Gasteiger partial charge in [0, 0.05) is 21.5 Å². The number of morpholine rings is 2. The molecule has 2 fully saturated rings. The van der Waals surface area contributed by atoms with Gasteiger partial charge in [0.2, 0.25) is 0 Å². The van der Waals surface area contributed by atoms with E-state index in [-0.39, 0.29) is 30.9 Å². The van der Waals surface area contributed by atoms with Crippen LogP contribution in [0.5, 0.6) is 0 Å². The number of carbonyl (C=O) groups is 1. The average Bonchev–Trinajstić information content (AvgIpc) is 2.91. The highest BCUT2D eigenvalue weighted by molar-refractivity contribution is 9.10. The zero-order chi connectivity index (χ0) is 28.4. The van der Waals surface area contributed by atoms with Gasteiger partial charge in [-0.05, 0) is 69.0 Å². The van der Waals surface area contributed by atoms with Gasteiger partial charge in [-0.2, -0.15) is 0 Å². The van der Waals surface area contributed by atoms with E-state index in [2.05, 4.69) is 49.3 Å². The van der Waals surface area contributed by atoms with Crippen LogP contribution >= 0.6 is 31.9 Å². The maximum Gasteiger partial charge on any atom is 0.410 e. The van der Waals surface area contributed by atoms with Crippen molar-refractivity contribution in [1.82, 2.24) is 10.2 Å². The molecule has 7 nitrogen and oxygen atoms in total. The lowest BCUT2D eigenvalue weighted by Gasteiger charge is -2.39. The second-order valence-electron chi connectivity index (χ2n) is 10.8. The first kappa shape index (κ1) is 32.0. The van der Waals surface area contributed by atoms with E-state index in [9.17, 15) is 14.3 Å². The Morgan fingerprint density at radius 1 is 1.00 bits per heavy atom. The van der Waals surface area contributed by atoms with Gasteiger partial charge >= 0.3 is 6.09 Å². The minimum Gasteiger partial charge on any atom is -0.444 e. The van der Waals surface area contributed by atoms with Crippen molar-refractivity contribution < 1.29 is 28.5 Å². The van der Waals surface area contributed by atoms with E-state index >= 15 is 0 Å². The fraction of sp³-hybridized carbons (Fsp3) is 0.552. The number of amides is 1. The number of ether oxygens (including phenoxy) is 3. The predicted molar refractivity (Wildman–Crippen MR) is 157 cm³/mol. The molecule has 0 spiro atoms. The second kappa shape index (κ2) is 15.4. The Bertz CT molecular complexity index is 1010. The molecular formula is C29H39Br2FN2O5. The zero-order valence-corrected chi connectivity index (χ0v) is 25.9. The molecule has 0 radical (unpaired) electrons. The number of aliphatic hydroxyl groups is 1. The highest BCUT2D eigenvalue weighted by Crippen LogP contribution is 2.21.